The molecule has 1 aliphatic heterocycles. The van der Waals surface area contributed by atoms with Gasteiger partial charge in [-0.15, -0.1) is 0 Å². The molecule has 0 fully saturated rings. The van der Waals surface area contributed by atoms with Gasteiger partial charge in [-0.2, -0.15) is 0 Å². The Labute approximate surface area is 168 Å². The second kappa shape index (κ2) is 7.56. The van der Waals surface area contributed by atoms with E-state index < -0.39 is 0 Å². The molecule has 29 heavy (non-hydrogen) atoms. The number of para-hydroxylation sites is 1. The maximum absolute atomic E-state index is 13.3. The van der Waals surface area contributed by atoms with Gasteiger partial charge in [0, 0.05) is 41.7 Å². The van der Waals surface area contributed by atoms with E-state index in [1.165, 1.54) is 0 Å². The number of amides is 1. The SMILES string of the molecule is O=C(c1cc2ccccc2[nH]1)N1Cc2cccn2C[C@@H](OCc2cccnc2)C1. The summed E-state index contributed by atoms with van der Waals surface area (Å²) in [5.41, 5.74) is 3.72. The van der Waals surface area contributed by atoms with Crippen LogP contribution in [0.5, 0.6) is 0 Å². The Kier molecular flexibility index (Phi) is 4.62. The number of hydrogen-bond acceptors (Lipinski definition) is 3. The lowest BCUT2D eigenvalue weighted by molar-refractivity contribution is 0.0103. The summed E-state index contributed by atoms with van der Waals surface area (Å²) >= 11 is 0. The Morgan fingerprint density at radius 2 is 2.07 bits per heavy atom. The van der Waals surface area contributed by atoms with Crippen LogP contribution in [0.4, 0.5) is 0 Å². The van der Waals surface area contributed by atoms with Gasteiger partial charge >= 0.3 is 0 Å². The molecule has 6 nitrogen and oxygen atoms in total. The number of aromatic nitrogens is 3. The largest absolute Gasteiger partial charge is 0.370 e. The summed E-state index contributed by atoms with van der Waals surface area (Å²) in [5, 5.41) is 1.04. The zero-order chi connectivity index (χ0) is 19.6. The lowest BCUT2D eigenvalue weighted by Gasteiger charge is -2.24. The van der Waals surface area contributed by atoms with Crippen molar-refractivity contribution in [2.75, 3.05) is 6.54 Å². The van der Waals surface area contributed by atoms with Gasteiger partial charge in [0.15, 0.2) is 0 Å². The van der Waals surface area contributed by atoms with Crippen LogP contribution >= 0.6 is 0 Å². The smallest absolute Gasteiger partial charge is 0.270 e. The molecule has 0 spiro atoms. The molecule has 1 aromatic carbocycles. The highest BCUT2D eigenvalue weighted by atomic mass is 16.5. The van der Waals surface area contributed by atoms with Crippen molar-refractivity contribution in [3.8, 4) is 0 Å². The molecule has 1 aliphatic rings. The normalized spacial score (nSPS) is 16.6. The molecule has 0 saturated carbocycles. The average molecular weight is 386 g/mol. The molecule has 5 rings (SSSR count). The summed E-state index contributed by atoms with van der Waals surface area (Å²) in [5.74, 6) is -0.00849. The molecule has 4 aromatic rings. The average Bonchev–Trinajstić information content (AvgIpc) is 3.34. The van der Waals surface area contributed by atoms with Gasteiger partial charge in [0.25, 0.3) is 5.91 Å². The minimum atomic E-state index is -0.0998. The molecule has 3 aromatic heterocycles. The van der Waals surface area contributed by atoms with Gasteiger partial charge in [0.05, 0.1) is 25.8 Å². The summed E-state index contributed by atoms with van der Waals surface area (Å²) in [6.45, 7) is 2.30. The van der Waals surface area contributed by atoms with Crippen molar-refractivity contribution in [1.82, 2.24) is 19.4 Å². The number of ether oxygens (including phenoxy) is 1. The van der Waals surface area contributed by atoms with Gasteiger partial charge in [-0.25, -0.2) is 0 Å². The van der Waals surface area contributed by atoms with E-state index in [9.17, 15) is 4.79 Å². The second-order valence-electron chi connectivity index (χ2n) is 7.40. The number of carbonyl (C=O) groups is 1. The number of carbonyl (C=O) groups excluding carboxylic acids is 1. The van der Waals surface area contributed by atoms with E-state index in [0.717, 1.165) is 28.7 Å². The molecule has 0 aliphatic carbocycles. The van der Waals surface area contributed by atoms with E-state index in [4.69, 9.17) is 4.74 Å². The van der Waals surface area contributed by atoms with Gasteiger partial charge in [0.2, 0.25) is 0 Å². The Hall–Kier alpha value is -3.38. The molecule has 4 heterocycles. The quantitative estimate of drug-likeness (QED) is 0.583. The molecule has 0 radical (unpaired) electrons. The third kappa shape index (κ3) is 3.67. The number of nitrogens with one attached hydrogen (secondary N) is 1. The lowest BCUT2D eigenvalue weighted by Crippen LogP contribution is -2.37. The Balaban J connectivity index is 1.38. The molecule has 0 bridgehead atoms. The molecule has 0 saturated heterocycles. The highest BCUT2D eigenvalue weighted by Gasteiger charge is 2.27. The van der Waals surface area contributed by atoms with E-state index >= 15 is 0 Å². The minimum absolute atomic E-state index is 0.00849. The van der Waals surface area contributed by atoms with Gasteiger partial charge in [-0.05, 0) is 35.9 Å². The van der Waals surface area contributed by atoms with Crippen molar-refractivity contribution in [1.29, 1.82) is 0 Å². The zero-order valence-electron chi connectivity index (χ0n) is 16.0. The lowest BCUT2D eigenvalue weighted by atomic mass is 10.2. The first kappa shape index (κ1) is 17.7. The first-order chi connectivity index (χ1) is 14.3. The van der Waals surface area contributed by atoms with Crippen molar-refractivity contribution in [3.63, 3.8) is 0 Å². The predicted molar refractivity (Wildman–Crippen MR) is 110 cm³/mol. The number of hydrogen-bond donors (Lipinski definition) is 1. The van der Waals surface area contributed by atoms with Crippen LogP contribution in [-0.2, 0) is 24.4 Å². The Morgan fingerprint density at radius 1 is 1.14 bits per heavy atom. The number of benzene rings is 1. The standard InChI is InChI=1S/C23H22N4O2/c28-23(22-11-18-6-1-2-8-21(18)25-22)27-13-19-7-4-10-26(19)14-20(15-27)29-16-17-5-3-9-24-12-17/h1-12,20,25H,13-16H2/t20-/m1/s1. The topological polar surface area (TPSA) is 63.2 Å². The third-order valence-corrected chi connectivity index (χ3v) is 5.36. The molecule has 1 amide bonds. The maximum Gasteiger partial charge on any atom is 0.270 e. The maximum atomic E-state index is 13.3. The van der Waals surface area contributed by atoms with E-state index in [1.807, 2.05) is 65.8 Å². The molecular formula is C23H22N4O2. The monoisotopic (exact) mass is 386 g/mol. The van der Waals surface area contributed by atoms with Crippen molar-refractivity contribution < 1.29 is 9.53 Å². The summed E-state index contributed by atoms with van der Waals surface area (Å²) in [4.78, 5) is 22.6. The van der Waals surface area contributed by atoms with Crippen LogP contribution < -0.4 is 0 Å². The van der Waals surface area contributed by atoms with Crippen molar-refractivity contribution in [3.05, 3.63) is 90.1 Å². The Bertz CT molecular complexity index is 1100. The minimum Gasteiger partial charge on any atom is -0.370 e. The molecular weight excluding hydrogens is 364 g/mol. The summed E-state index contributed by atoms with van der Waals surface area (Å²) in [6, 6.07) is 17.8. The Morgan fingerprint density at radius 3 is 2.93 bits per heavy atom. The van der Waals surface area contributed by atoms with E-state index in [-0.39, 0.29) is 12.0 Å². The van der Waals surface area contributed by atoms with Crippen LogP contribution in [0, 0.1) is 0 Å². The van der Waals surface area contributed by atoms with Crippen LogP contribution in [0.25, 0.3) is 10.9 Å². The van der Waals surface area contributed by atoms with Crippen LogP contribution in [0.3, 0.4) is 0 Å². The highest BCUT2D eigenvalue weighted by molar-refractivity contribution is 5.98. The number of fused-ring (bicyclic) bond motifs is 2. The first-order valence-electron chi connectivity index (χ1n) is 9.78. The van der Waals surface area contributed by atoms with E-state index in [0.29, 0.717) is 25.4 Å². The van der Waals surface area contributed by atoms with Crippen LogP contribution in [0.15, 0.2) is 73.2 Å². The second-order valence-corrected chi connectivity index (χ2v) is 7.40. The van der Waals surface area contributed by atoms with E-state index in [1.54, 1.807) is 6.20 Å². The molecule has 1 N–H and O–H groups in total. The summed E-state index contributed by atoms with van der Waals surface area (Å²) in [6.07, 6.45) is 5.51. The number of nitrogens with zero attached hydrogens (tertiary/aromatic N) is 3. The van der Waals surface area contributed by atoms with E-state index in [2.05, 4.69) is 20.6 Å². The fraction of sp³-hybridized carbons (Fsp3) is 0.217. The van der Waals surface area contributed by atoms with Crippen LogP contribution in [-0.4, -0.2) is 38.0 Å². The number of rotatable bonds is 4. The van der Waals surface area contributed by atoms with Crippen molar-refractivity contribution >= 4 is 16.8 Å². The van der Waals surface area contributed by atoms with Gasteiger partial charge in [-0.1, -0.05) is 24.3 Å². The van der Waals surface area contributed by atoms with Gasteiger partial charge in [0.1, 0.15) is 5.69 Å². The molecule has 1 atom stereocenters. The van der Waals surface area contributed by atoms with Crippen LogP contribution in [0.1, 0.15) is 21.7 Å². The highest BCUT2D eigenvalue weighted by Crippen LogP contribution is 2.21. The molecule has 0 unspecified atom stereocenters. The molecule has 146 valence electrons. The molecule has 6 heteroatoms. The number of aromatic amines is 1. The fourth-order valence-corrected chi connectivity index (χ4v) is 3.87. The summed E-state index contributed by atoms with van der Waals surface area (Å²) < 4.78 is 8.36. The van der Waals surface area contributed by atoms with Gasteiger partial charge in [-0.3, -0.25) is 9.78 Å². The van der Waals surface area contributed by atoms with Crippen LogP contribution in [0.2, 0.25) is 0 Å². The zero-order valence-corrected chi connectivity index (χ0v) is 16.0. The number of H-pyrrole nitrogens is 1. The summed E-state index contributed by atoms with van der Waals surface area (Å²) in [7, 11) is 0. The predicted octanol–water partition coefficient (Wildman–Crippen LogP) is 3.61. The number of pyridine rings is 1. The third-order valence-electron chi connectivity index (χ3n) is 5.36. The van der Waals surface area contributed by atoms with Crippen molar-refractivity contribution in [2.45, 2.75) is 25.8 Å². The van der Waals surface area contributed by atoms with Crippen molar-refractivity contribution in [2.24, 2.45) is 0 Å². The fourth-order valence-electron chi connectivity index (χ4n) is 3.87. The first-order valence-corrected chi connectivity index (χ1v) is 9.78. The van der Waals surface area contributed by atoms with Gasteiger partial charge < -0.3 is 19.2 Å².